The number of ether oxygens (including phenoxy) is 2. The Balaban J connectivity index is 0.00000141. The van der Waals surface area contributed by atoms with Gasteiger partial charge in [-0.25, -0.2) is 9.59 Å². The number of nitrogens with zero attached hydrogens (tertiary/aromatic N) is 2. The van der Waals surface area contributed by atoms with Gasteiger partial charge in [0.15, 0.2) is 11.5 Å². The van der Waals surface area contributed by atoms with Gasteiger partial charge in [0.1, 0.15) is 11.1 Å². The van der Waals surface area contributed by atoms with Gasteiger partial charge in [-0.2, -0.15) is 0 Å². The SMILES string of the molecule is CC.CC(C)(C)n1c2ccsc2c2sc(C3=C4C(=O)OC(c5cc6c(s5)c5sccc5n6C(C)(C)C)=C4C(=O)O3)cc21. The summed E-state index contributed by atoms with van der Waals surface area (Å²) in [6, 6.07) is 8.38. The van der Waals surface area contributed by atoms with Crippen LogP contribution in [0.5, 0.6) is 0 Å². The quantitative estimate of drug-likeness (QED) is 0.178. The van der Waals surface area contributed by atoms with Crippen LogP contribution < -0.4 is 0 Å². The van der Waals surface area contributed by atoms with Gasteiger partial charge in [0.25, 0.3) is 0 Å². The summed E-state index contributed by atoms with van der Waals surface area (Å²) in [6.45, 7) is 17.1. The topological polar surface area (TPSA) is 62.5 Å². The zero-order valence-electron chi connectivity index (χ0n) is 24.6. The summed E-state index contributed by atoms with van der Waals surface area (Å²) in [5.41, 5.74) is 4.71. The second-order valence-electron chi connectivity index (χ2n) is 12.1. The number of cyclic esters (lactones) is 2. The highest BCUT2D eigenvalue weighted by molar-refractivity contribution is 7.27. The van der Waals surface area contributed by atoms with Crippen molar-refractivity contribution in [2.45, 2.75) is 66.5 Å². The van der Waals surface area contributed by atoms with Crippen molar-refractivity contribution in [1.82, 2.24) is 9.13 Å². The van der Waals surface area contributed by atoms with Gasteiger partial charge in [-0.15, -0.1) is 45.3 Å². The molecular weight excluding hydrogens is 605 g/mol. The summed E-state index contributed by atoms with van der Waals surface area (Å²) >= 11 is 6.50. The van der Waals surface area contributed by atoms with E-state index in [0.29, 0.717) is 11.5 Å². The third kappa shape index (κ3) is 3.71. The molecule has 6 nitrogen and oxygen atoms in total. The minimum atomic E-state index is -0.540. The summed E-state index contributed by atoms with van der Waals surface area (Å²) in [4.78, 5) is 28.1. The first-order valence-corrected chi connectivity index (χ1v) is 17.3. The lowest BCUT2D eigenvalue weighted by Gasteiger charge is -2.23. The first-order chi connectivity index (χ1) is 19.9. The van der Waals surface area contributed by atoms with Crippen molar-refractivity contribution in [3.05, 3.63) is 55.9 Å². The second kappa shape index (κ2) is 9.16. The standard InChI is InChI=1S/C30H24N2O4S4.C2H6/c1-29(2,3)31-13-7-9-37-23(13)25-15(31)11-17(39-25)21-19-20(28(34)35-21)22(36-27(19)33)18-12-16-26(40-18)24-14(8-10-38-24)32(16)30(4,5)6;1-2/h7-12H,1-6H3;1-2H3. The molecule has 2 aliphatic rings. The van der Waals surface area contributed by atoms with Crippen molar-refractivity contribution in [3.8, 4) is 0 Å². The Bertz CT molecular complexity index is 2020. The van der Waals surface area contributed by atoms with E-state index in [2.05, 4.69) is 73.6 Å². The van der Waals surface area contributed by atoms with Gasteiger partial charge in [-0.1, -0.05) is 13.8 Å². The first-order valence-electron chi connectivity index (χ1n) is 13.9. The third-order valence-electron chi connectivity index (χ3n) is 7.38. The van der Waals surface area contributed by atoms with E-state index >= 15 is 0 Å². The molecule has 0 aliphatic carbocycles. The van der Waals surface area contributed by atoms with Crippen LogP contribution in [0.1, 0.15) is 65.1 Å². The van der Waals surface area contributed by atoms with Crippen LogP contribution in [0.2, 0.25) is 0 Å². The van der Waals surface area contributed by atoms with E-state index in [-0.39, 0.29) is 22.2 Å². The summed E-state index contributed by atoms with van der Waals surface area (Å²) < 4.78 is 21.0. The molecule has 42 heavy (non-hydrogen) atoms. The molecule has 8 rings (SSSR count). The van der Waals surface area contributed by atoms with Crippen LogP contribution in [-0.4, -0.2) is 21.1 Å². The van der Waals surface area contributed by atoms with E-state index in [0.717, 1.165) is 30.2 Å². The van der Waals surface area contributed by atoms with Crippen molar-refractivity contribution < 1.29 is 19.1 Å². The average Bonchev–Trinajstić information content (AvgIpc) is 3.71. The van der Waals surface area contributed by atoms with E-state index < -0.39 is 11.9 Å². The molecule has 0 saturated heterocycles. The molecule has 0 amide bonds. The molecule has 6 aromatic heterocycles. The van der Waals surface area contributed by atoms with Gasteiger partial charge in [0, 0.05) is 11.1 Å². The van der Waals surface area contributed by atoms with Gasteiger partial charge >= 0.3 is 11.9 Å². The van der Waals surface area contributed by atoms with E-state index in [1.54, 1.807) is 45.3 Å². The monoisotopic (exact) mass is 634 g/mol. The highest BCUT2D eigenvalue weighted by atomic mass is 32.1. The van der Waals surface area contributed by atoms with Crippen molar-refractivity contribution >= 4 is 110 Å². The molecule has 0 unspecified atom stereocenters. The number of aromatic nitrogens is 2. The van der Waals surface area contributed by atoms with Gasteiger partial charge < -0.3 is 18.6 Å². The Hall–Kier alpha value is -3.18. The van der Waals surface area contributed by atoms with Crippen LogP contribution in [0.25, 0.3) is 52.4 Å². The Kier molecular flexibility index (Phi) is 6.03. The molecule has 0 saturated carbocycles. The van der Waals surface area contributed by atoms with Crippen LogP contribution in [0.4, 0.5) is 0 Å². The van der Waals surface area contributed by atoms with Gasteiger partial charge in [0.2, 0.25) is 0 Å². The Morgan fingerprint density at radius 2 is 0.976 bits per heavy atom. The molecule has 0 spiro atoms. The van der Waals surface area contributed by atoms with Gasteiger partial charge in [-0.3, -0.25) is 0 Å². The maximum Gasteiger partial charge on any atom is 0.348 e. The lowest BCUT2D eigenvalue weighted by atomic mass is 10.1. The largest absolute Gasteiger partial charge is 0.420 e. The van der Waals surface area contributed by atoms with Crippen LogP contribution in [-0.2, 0) is 30.1 Å². The van der Waals surface area contributed by atoms with E-state index in [9.17, 15) is 9.59 Å². The van der Waals surface area contributed by atoms with Crippen molar-refractivity contribution in [2.24, 2.45) is 0 Å². The summed E-state index contributed by atoms with van der Waals surface area (Å²) in [7, 11) is 0. The third-order valence-corrected chi connectivity index (χ3v) is 11.8. The van der Waals surface area contributed by atoms with Crippen molar-refractivity contribution in [1.29, 1.82) is 0 Å². The van der Waals surface area contributed by atoms with E-state index in [1.807, 2.05) is 26.0 Å². The average molecular weight is 635 g/mol. The molecule has 0 fully saturated rings. The number of carbonyl (C=O) groups excluding carboxylic acids is 2. The van der Waals surface area contributed by atoms with Crippen LogP contribution in [0, 0.1) is 0 Å². The second-order valence-corrected chi connectivity index (χ2v) is 16.1. The molecular formula is C32H30N2O4S4. The number of hydrogen-bond acceptors (Lipinski definition) is 8. The maximum absolute atomic E-state index is 13.3. The normalized spacial score (nSPS) is 15.9. The fourth-order valence-corrected chi connectivity index (χ4v) is 10.3. The summed E-state index contributed by atoms with van der Waals surface area (Å²) in [5.74, 6) is -0.483. The molecule has 10 heteroatoms. The highest BCUT2D eigenvalue weighted by Gasteiger charge is 2.46. The molecule has 216 valence electrons. The molecule has 8 heterocycles. The fraction of sp³-hybridized carbons (Fsp3) is 0.312. The predicted molar refractivity (Wildman–Crippen MR) is 178 cm³/mol. The molecule has 0 aromatic carbocycles. The zero-order valence-corrected chi connectivity index (χ0v) is 27.9. The van der Waals surface area contributed by atoms with Crippen LogP contribution in [0.15, 0.2) is 46.2 Å². The van der Waals surface area contributed by atoms with Crippen LogP contribution in [0.3, 0.4) is 0 Å². The molecule has 0 atom stereocenters. The molecule has 0 bridgehead atoms. The summed E-state index contributed by atoms with van der Waals surface area (Å²) in [5, 5.41) is 4.20. The van der Waals surface area contributed by atoms with Crippen molar-refractivity contribution in [2.75, 3.05) is 0 Å². The van der Waals surface area contributed by atoms with E-state index in [4.69, 9.17) is 9.47 Å². The smallest absolute Gasteiger partial charge is 0.348 e. The lowest BCUT2D eigenvalue weighted by Crippen LogP contribution is -2.20. The van der Waals surface area contributed by atoms with E-state index in [1.165, 1.54) is 20.4 Å². The molecule has 0 N–H and O–H groups in total. The Morgan fingerprint density at radius 1 is 0.595 bits per heavy atom. The predicted octanol–water partition coefficient (Wildman–Crippen LogP) is 9.92. The lowest BCUT2D eigenvalue weighted by molar-refractivity contribution is -0.131. The number of esters is 2. The molecule has 6 aromatic rings. The van der Waals surface area contributed by atoms with Gasteiger partial charge in [-0.05, 0) is 76.6 Å². The van der Waals surface area contributed by atoms with Crippen molar-refractivity contribution in [3.63, 3.8) is 0 Å². The number of fused-ring (bicyclic) bond motifs is 7. The number of thiophene rings is 4. The number of rotatable bonds is 2. The zero-order chi connectivity index (χ0) is 29.9. The number of hydrogen-bond donors (Lipinski definition) is 0. The first kappa shape index (κ1) is 27.6. The van der Waals surface area contributed by atoms with Gasteiger partial charge in [0.05, 0.1) is 50.6 Å². The fourth-order valence-electron chi connectivity index (χ4n) is 6.00. The summed E-state index contributed by atoms with van der Waals surface area (Å²) in [6.07, 6.45) is 0. The Labute approximate surface area is 259 Å². The Morgan fingerprint density at radius 3 is 1.33 bits per heavy atom. The molecule has 2 aliphatic heterocycles. The highest BCUT2D eigenvalue weighted by Crippen LogP contribution is 2.50. The maximum atomic E-state index is 13.3. The minimum Gasteiger partial charge on any atom is -0.420 e. The van der Waals surface area contributed by atoms with Crippen LogP contribution >= 0.6 is 45.3 Å². The molecule has 0 radical (unpaired) electrons. The number of carbonyl (C=O) groups is 2. The minimum absolute atomic E-state index is 0.142.